The molecule has 0 bridgehead atoms. The van der Waals surface area contributed by atoms with E-state index in [9.17, 15) is 13.2 Å². The van der Waals surface area contributed by atoms with Gasteiger partial charge < -0.3 is 9.32 Å². The minimum atomic E-state index is -3.58. The number of hydrogen-bond donors (Lipinski definition) is 0. The molecule has 1 saturated heterocycles. The van der Waals surface area contributed by atoms with Gasteiger partial charge >= 0.3 is 0 Å². The van der Waals surface area contributed by atoms with Crippen LogP contribution in [0.3, 0.4) is 0 Å². The Bertz CT molecular complexity index is 1170. The van der Waals surface area contributed by atoms with E-state index in [4.69, 9.17) is 4.42 Å². The zero-order valence-corrected chi connectivity index (χ0v) is 20.4. The maximum Gasteiger partial charge on any atom is 0.257 e. The number of carbonyl (C=O) groups excluding carboxylic acids is 1. The van der Waals surface area contributed by atoms with Crippen LogP contribution >= 0.6 is 11.3 Å². The van der Waals surface area contributed by atoms with Crippen molar-refractivity contribution in [2.45, 2.75) is 57.0 Å². The molecule has 0 N–H and O–H groups in total. The average Bonchev–Trinajstić information content (AvgIpc) is 3.51. The van der Waals surface area contributed by atoms with Gasteiger partial charge in [-0.05, 0) is 61.9 Å². The summed E-state index contributed by atoms with van der Waals surface area (Å²) in [5, 5.41) is 10.1. The van der Waals surface area contributed by atoms with Crippen molar-refractivity contribution in [2.24, 2.45) is 0 Å². The highest BCUT2D eigenvalue weighted by Gasteiger charge is 2.31. The van der Waals surface area contributed by atoms with Crippen molar-refractivity contribution < 1.29 is 17.6 Å². The zero-order valence-electron chi connectivity index (χ0n) is 18.8. The van der Waals surface area contributed by atoms with E-state index in [0.717, 1.165) is 30.6 Å². The van der Waals surface area contributed by atoms with Gasteiger partial charge in [0.15, 0.2) is 0 Å². The van der Waals surface area contributed by atoms with Gasteiger partial charge in [-0.3, -0.25) is 4.79 Å². The van der Waals surface area contributed by atoms with Gasteiger partial charge in [-0.15, -0.1) is 21.5 Å². The second-order valence-corrected chi connectivity index (χ2v) is 11.0. The minimum Gasteiger partial charge on any atom is -0.418 e. The molecule has 1 aliphatic heterocycles. The molecule has 0 saturated carbocycles. The number of thiophene rings is 1. The van der Waals surface area contributed by atoms with Crippen LogP contribution in [-0.4, -0.2) is 52.9 Å². The predicted octanol–water partition coefficient (Wildman–Crippen LogP) is 4.41. The fourth-order valence-corrected chi connectivity index (χ4v) is 6.36. The molecule has 8 nitrogen and oxygen atoms in total. The SMILES string of the molecule is CCCN(Cc1nnc(-c2cccs2)o1)C(=O)c1ccc(S(=O)(=O)N2CCCC[C@@H]2C)cc1. The highest BCUT2D eigenvalue weighted by Crippen LogP contribution is 2.26. The summed E-state index contributed by atoms with van der Waals surface area (Å²) in [5.41, 5.74) is 0.423. The fourth-order valence-electron chi connectivity index (χ4n) is 4.02. The standard InChI is InChI=1S/C23H28N4O4S2/c1-3-13-26(16-21-24-25-22(31-21)20-8-6-15-32-20)23(28)18-9-11-19(12-10-18)33(29,30)27-14-5-4-7-17(27)2/h6,8-12,15,17H,3-5,7,13-14,16H2,1-2H3/t17-/m0/s1. The highest BCUT2D eigenvalue weighted by molar-refractivity contribution is 7.89. The Morgan fingerprint density at radius 2 is 2.00 bits per heavy atom. The normalized spacial score (nSPS) is 17.2. The Labute approximate surface area is 198 Å². The van der Waals surface area contributed by atoms with Crippen LogP contribution in [0.5, 0.6) is 0 Å². The lowest BCUT2D eigenvalue weighted by molar-refractivity contribution is 0.0728. The summed E-state index contributed by atoms with van der Waals surface area (Å²) in [7, 11) is -3.58. The van der Waals surface area contributed by atoms with E-state index in [-0.39, 0.29) is 23.4 Å². The van der Waals surface area contributed by atoms with Crippen molar-refractivity contribution in [2.75, 3.05) is 13.1 Å². The number of rotatable bonds is 8. The summed E-state index contributed by atoms with van der Waals surface area (Å²) >= 11 is 1.51. The number of carbonyl (C=O) groups is 1. The maximum absolute atomic E-state index is 13.2. The smallest absolute Gasteiger partial charge is 0.257 e. The van der Waals surface area contributed by atoms with E-state index in [1.807, 2.05) is 31.4 Å². The van der Waals surface area contributed by atoms with Crippen LogP contribution in [0.1, 0.15) is 55.8 Å². The molecule has 2 aromatic heterocycles. The van der Waals surface area contributed by atoms with Crippen molar-refractivity contribution in [1.82, 2.24) is 19.4 Å². The highest BCUT2D eigenvalue weighted by atomic mass is 32.2. The number of amides is 1. The number of benzene rings is 1. The minimum absolute atomic E-state index is 0.0152. The molecule has 0 unspecified atom stereocenters. The van der Waals surface area contributed by atoms with Crippen molar-refractivity contribution in [3.05, 3.63) is 53.2 Å². The van der Waals surface area contributed by atoms with Gasteiger partial charge in [0.05, 0.1) is 16.3 Å². The number of hydrogen-bond acceptors (Lipinski definition) is 7. The topological polar surface area (TPSA) is 96.6 Å². The van der Waals surface area contributed by atoms with Crippen molar-refractivity contribution in [3.63, 3.8) is 0 Å². The third-order valence-corrected chi connectivity index (χ3v) is 8.64. The first kappa shape index (κ1) is 23.6. The lowest BCUT2D eigenvalue weighted by atomic mass is 10.1. The lowest BCUT2D eigenvalue weighted by Crippen LogP contribution is -2.41. The summed E-state index contributed by atoms with van der Waals surface area (Å²) in [6.45, 7) is 5.17. The third kappa shape index (κ3) is 5.18. The number of sulfonamides is 1. The first-order valence-electron chi connectivity index (χ1n) is 11.2. The van der Waals surface area contributed by atoms with Gasteiger partial charge in [-0.2, -0.15) is 4.31 Å². The molecule has 0 aliphatic carbocycles. The Morgan fingerprint density at radius 1 is 1.21 bits per heavy atom. The van der Waals surface area contributed by atoms with Gasteiger partial charge in [0.25, 0.3) is 11.8 Å². The Hall–Kier alpha value is -2.56. The first-order valence-corrected chi connectivity index (χ1v) is 13.5. The third-order valence-electron chi connectivity index (χ3n) is 5.76. The van der Waals surface area contributed by atoms with E-state index in [1.54, 1.807) is 21.3 Å². The van der Waals surface area contributed by atoms with Crippen molar-refractivity contribution >= 4 is 27.3 Å². The molecule has 3 aromatic rings. The van der Waals surface area contributed by atoms with Crippen molar-refractivity contribution in [3.8, 4) is 10.8 Å². The van der Waals surface area contributed by atoms with Crippen LogP contribution in [-0.2, 0) is 16.6 Å². The fraction of sp³-hybridized carbons (Fsp3) is 0.435. The molecule has 3 heterocycles. The van der Waals surface area contributed by atoms with Gasteiger partial charge in [0.2, 0.25) is 15.9 Å². The van der Waals surface area contributed by atoms with Crippen LogP contribution in [0.4, 0.5) is 0 Å². The monoisotopic (exact) mass is 488 g/mol. The first-order chi connectivity index (χ1) is 15.9. The summed E-state index contributed by atoms with van der Waals surface area (Å²) in [5.74, 6) is 0.590. The zero-order chi connectivity index (χ0) is 23.4. The number of aromatic nitrogens is 2. The Kier molecular flexibility index (Phi) is 7.26. The quantitative estimate of drug-likeness (QED) is 0.466. The molecular formula is C23H28N4O4S2. The molecule has 1 aromatic carbocycles. The molecule has 33 heavy (non-hydrogen) atoms. The van der Waals surface area contributed by atoms with Crippen LogP contribution in [0.2, 0.25) is 0 Å². The second-order valence-electron chi connectivity index (χ2n) is 8.19. The number of piperidine rings is 1. The van der Waals surface area contributed by atoms with Crippen LogP contribution in [0.25, 0.3) is 10.8 Å². The second kappa shape index (κ2) is 10.1. The van der Waals surface area contributed by atoms with Crippen LogP contribution in [0.15, 0.2) is 51.1 Å². The summed E-state index contributed by atoms with van der Waals surface area (Å²) < 4.78 is 33.4. The molecule has 1 amide bonds. The van der Waals surface area contributed by atoms with E-state index < -0.39 is 10.0 Å². The van der Waals surface area contributed by atoms with Crippen LogP contribution < -0.4 is 0 Å². The lowest BCUT2D eigenvalue weighted by Gasteiger charge is -2.32. The van der Waals surface area contributed by atoms with E-state index in [0.29, 0.717) is 30.4 Å². The number of nitrogens with zero attached hydrogens (tertiary/aromatic N) is 4. The van der Waals surface area contributed by atoms with Gasteiger partial charge in [-0.25, -0.2) is 8.42 Å². The Balaban J connectivity index is 1.49. The van der Waals surface area contributed by atoms with E-state index in [1.165, 1.54) is 23.5 Å². The molecular weight excluding hydrogens is 460 g/mol. The van der Waals surface area contributed by atoms with Crippen LogP contribution in [0, 0.1) is 0 Å². The van der Waals surface area contributed by atoms with Gasteiger partial charge in [-0.1, -0.05) is 19.4 Å². The largest absolute Gasteiger partial charge is 0.418 e. The molecule has 176 valence electrons. The molecule has 4 rings (SSSR count). The summed E-state index contributed by atoms with van der Waals surface area (Å²) in [4.78, 5) is 15.9. The van der Waals surface area contributed by atoms with Gasteiger partial charge in [0, 0.05) is 24.7 Å². The molecule has 0 spiro atoms. The molecule has 10 heteroatoms. The van der Waals surface area contributed by atoms with Crippen molar-refractivity contribution in [1.29, 1.82) is 0 Å². The average molecular weight is 489 g/mol. The summed E-state index contributed by atoms with van der Waals surface area (Å²) in [6, 6.07) is 10.0. The maximum atomic E-state index is 13.2. The predicted molar refractivity (Wildman–Crippen MR) is 126 cm³/mol. The molecule has 1 fully saturated rings. The molecule has 1 aliphatic rings. The Morgan fingerprint density at radius 3 is 2.67 bits per heavy atom. The van der Waals surface area contributed by atoms with E-state index >= 15 is 0 Å². The van der Waals surface area contributed by atoms with Gasteiger partial charge in [0.1, 0.15) is 0 Å². The molecule has 1 atom stereocenters. The van der Waals surface area contributed by atoms with E-state index in [2.05, 4.69) is 10.2 Å². The summed E-state index contributed by atoms with van der Waals surface area (Å²) in [6.07, 6.45) is 3.54. The molecule has 0 radical (unpaired) electrons.